The van der Waals surface area contributed by atoms with Crippen LogP contribution < -0.4 is 0 Å². The molecule has 0 spiro atoms. The second-order valence-corrected chi connectivity index (χ2v) is 7.67. The Labute approximate surface area is 180 Å². The molecule has 0 saturated heterocycles. The molecule has 2 aromatic carbocycles. The van der Waals surface area contributed by atoms with Crippen molar-refractivity contribution in [1.29, 1.82) is 0 Å². The SMILES string of the molecule is CN(C(=O)c1ccccc1C(=O)OCc1nnnn1-c1ccccc1)C1CCCCC1. The van der Waals surface area contributed by atoms with Gasteiger partial charge in [0.25, 0.3) is 5.91 Å². The highest BCUT2D eigenvalue weighted by molar-refractivity contribution is 6.05. The van der Waals surface area contributed by atoms with Crippen molar-refractivity contribution >= 4 is 11.9 Å². The van der Waals surface area contributed by atoms with Crippen molar-refractivity contribution in [2.75, 3.05) is 7.05 Å². The lowest BCUT2D eigenvalue weighted by Gasteiger charge is -2.31. The van der Waals surface area contributed by atoms with Crippen molar-refractivity contribution in [2.45, 2.75) is 44.8 Å². The predicted octanol–water partition coefficient (Wildman–Crippen LogP) is 3.42. The lowest BCUT2D eigenvalue weighted by Crippen LogP contribution is -2.39. The van der Waals surface area contributed by atoms with Crippen molar-refractivity contribution < 1.29 is 14.3 Å². The summed E-state index contributed by atoms with van der Waals surface area (Å²) in [6.07, 6.45) is 5.46. The summed E-state index contributed by atoms with van der Waals surface area (Å²) >= 11 is 0. The van der Waals surface area contributed by atoms with E-state index < -0.39 is 5.97 Å². The highest BCUT2D eigenvalue weighted by Crippen LogP contribution is 2.24. The van der Waals surface area contributed by atoms with Gasteiger partial charge in [0.05, 0.1) is 16.8 Å². The van der Waals surface area contributed by atoms with Crippen LogP contribution in [-0.2, 0) is 11.3 Å². The maximum Gasteiger partial charge on any atom is 0.339 e. The molecule has 1 saturated carbocycles. The summed E-state index contributed by atoms with van der Waals surface area (Å²) in [7, 11) is 1.81. The van der Waals surface area contributed by atoms with Gasteiger partial charge in [0, 0.05) is 13.1 Å². The minimum absolute atomic E-state index is 0.109. The summed E-state index contributed by atoms with van der Waals surface area (Å²) in [5, 5.41) is 11.6. The second kappa shape index (κ2) is 9.51. The molecule has 160 valence electrons. The van der Waals surface area contributed by atoms with Crippen molar-refractivity contribution in [3.63, 3.8) is 0 Å². The Morgan fingerprint density at radius 3 is 2.42 bits per heavy atom. The molecule has 1 aliphatic rings. The number of rotatable bonds is 6. The summed E-state index contributed by atoms with van der Waals surface area (Å²) in [5.74, 6) is -0.347. The van der Waals surface area contributed by atoms with E-state index in [2.05, 4.69) is 15.5 Å². The molecular formula is C23H25N5O3. The van der Waals surface area contributed by atoms with Crippen molar-refractivity contribution in [2.24, 2.45) is 0 Å². The van der Waals surface area contributed by atoms with Crippen molar-refractivity contribution in [3.8, 4) is 5.69 Å². The largest absolute Gasteiger partial charge is 0.454 e. The van der Waals surface area contributed by atoms with Gasteiger partial charge >= 0.3 is 5.97 Å². The quantitative estimate of drug-likeness (QED) is 0.569. The zero-order chi connectivity index (χ0) is 21.6. The average Bonchev–Trinajstić information content (AvgIpc) is 3.31. The second-order valence-electron chi connectivity index (χ2n) is 7.67. The molecule has 8 nitrogen and oxygen atoms in total. The number of nitrogens with zero attached hydrogens (tertiary/aromatic N) is 5. The van der Waals surface area contributed by atoms with Crippen LogP contribution in [0.25, 0.3) is 5.69 Å². The third-order valence-corrected chi connectivity index (χ3v) is 5.69. The monoisotopic (exact) mass is 419 g/mol. The summed E-state index contributed by atoms with van der Waals surface area (Å²) in [4.78, 5) is 27.7. The van der Waals surface area contributed by atoms with Gasteiger partial charge in [-0.3, -0.25) is 4.79 Å². The van der Waals surface area contributed by atoms with E-state index in [0.717, 1.165) is 31.4 Å². The highest BCUT2D eigenvalue weighted by atomic mass is 16.5. The number of aromatic nitrogens is 4. The number of esters is 1. The molecule has 0 radical (unpaired) electrons. The van der Waals surface area contributed by atoms with Gasteiger partial charge in [-0.25, -0.2) is 4.79 Å². The van der Waals surface area contributed by atoms with Crippen LogP contribution in [0.5, 0.6) is 0 Å². The molecule has 8 heteroatoms. The van der Waals surface area contributed by atoms with E-state index >= 15 is 0 Å². The Morgan fingerprint density at radius 2 is 1.68 bits per heavy atom. The first-order valence-corrected chi connectivity index (χ1v) is 10.5. The van der Waals surface area contributed by atoms with E-state index in [-0.39, 0.29) is 24.1 Å². The number of amides is 1. The Balaban J connectivity index is 1.48. The maximum absolute atomic E-state index is 13.1. The third kappa shape index (κ3) is 4.63. The molecule has 0 bridgehead atoms. The molecule has 1 fully saturated rings. The van der Waals surface area contributed by atoms with Gasteiger partial charge in [0.2, 0.25) is 0 Å². The minimum atomic E-state index is -0.580. The zero-order valence-electron chi connectivity index (χ0n) is 17.5. The van der Waals surface area contributed by atoms with E-state index in [1.165, 1.54) is 11.1 Å². The first-order valence-electron chi connectivity index (χ1n) is 10.5. The first kappa shape index (κ1) is 20.7. The van der Waals surface area contributed by atoms with Gasteiger partial charge in [-0.1, -0.05) is 49.6 Å². The fraction of sp³-hybridized carbons (Fsp3) is 0.348. The fourth-order valence-corrected chi connectivity index (χ4v) is 3.95. The molecule has 0 atom stereocenters. The Morgan fingerprint density at radius 1 is 1.00 bits per heavy atom. The molecule has 1 aromatic heterocycles. The zero-order valence-corrected chi connectivity index (χ0v) is 17.5. The van der Waals surface area contributed by atoms with Crippen LogP contribution in [0.4, 0.5) is 0 Å². The number of hydrogen-bond donors (Lipinski definition) is 0. The summed E-state index contributed by atoms with van der Waals surface area (Å²) in [6.45, 7) is -0.109. The van der Waals surface area contributed by atoms with Gasteiger partial charge in [-0.2, -0.15) is 4.68 Å². The molecule has 1 aliphatic carbocycles. The lowest BCUT2D eigenvalue weighted by molar-refractivity contribution is 0.0452. The molecule has 31 heavy (non-hydrogen) atoms. The topological polar surface area (TPSA) is 90.2 Å². The smallest absolute Gasteiger partial charge is 0.339 e. The van der Waals surface area contributed by atoms with Gasteiger partial charge in [0.1, 0.15) is 0 Å². The number of hydrogen-bond acceptors (Lipinski definition) is 6. The van der Waals surface area contributed by atoms with Gasteiger partial charge in [-0.15, -0.1) is 5.10 Å². The van der Waals surface area contributed by atoms with E-state index in [1.807, 2.05) is 37.4 Å². The highest BCUT2D eigenvalue weighted by Gasteiger charge is 2.26. The fourth-order valence-electron chi connectivity index (χ4n) is 3.95. The van der Waals surface area contributed by atoms with Crippen LogP contribution in [0.1, 0.15) is 58.6 Å². The van der Waals surface area contributed by atoms with Crippen LogP contribution in [0.2, 0.25) is 0 Å². The number of ether oxygens (including phenoxy) is 1. The molecule has 4 rings (SSSR count). The lowest BCUT2D eigenvalue weighted by atomic mass is 9.94. The summed E-state index contributed by atoms with van der Waals surface area (Å²) in [6, 6.07) is 16.3. The Kier molecular flexibility index (Phi) is 6.35. The van der Waals surface area contributed by atoms with Gasteiger partial charge in [0.15, 0.2) is 12.4 Å². The third-order valence-electron chi connectivity index (χ3n) is 5.69. The number of carbonyl (C=O) groups is 2. The molecule has 1 heterocycles. The van der Waals surface area contributed by atoms with Crippen LogP contribution in [0.15, 0.2) is 54.6 Å². The number of tetrazole rings is 1. The van der Waals surface area contributed by atoms with E-state index in [9.17, 15) is 9.59 Å². The average molecular weight is 419 g/mol. The van der Waals surface area contributed by atoms with Crippen LogP contribution in [0, 0.1) is 0 Å². The summed E-state index contributed by atoms with van der Waals surface area (Å²) in [5.41, 5.74) is 1.36. The van der Waals surface area contributed by atoms with Gasteiger partial charge in [-0.05, 0) is 47.5 Å². The predicted molar refractivity (Wildman–Crippen MR) is 114 cm³/mol. The molecule has 3 aromatic rings. The van der Waals surface area contributed by atoms with Crippen molar-refractivity contribution in [3.05, 3.63) is 71.5 Å². The number of carbonyl (C=O) groups excluding carboxylic acids is 2. The number of benzene rings is 2. The summed E-state index contributed by atoms with van der Waals surface area (Å²) < 4.78 is 6.99. The molecule has 0 unspecified atom stereocenters. The molecule has 0 aliphatic heterocycles. The van der Waals surface area contributed by atoms with Crippen LogP contribution in [-0.4, -0.2) is 50.1 Å². The van der Waals surface area contributed by atoms with Crippen molar-refractivity contribution in [1.82, 2.24) is 25.1 Å². The van der Waals surface area contributed by atoms with Crippen LogP contribution in [0.3, 0.4) is 0 Å². The Hall–Kier alpha value is -3.55. The minimum Gasteiger partial charge on any atom is -0.454 e. The maximum atomic E-state index is 13.1. The standard InChI is InChI=1S/C23H25N5O3/c1-27(17-10-4-2-5-11-17)22(29)19-14-8-9-15-20(19)23(30)31-16-21-24-25-26-28(21)18-12-6-3-7-13-18/h3,6-9,12-15,17H,2,4-5,10-11,16H2,1H3. The Bertz CT molecular complexity index is 1040. The number of para-hydroxylation sites is 1. The normalized spacial score (nSPS) is 14.2. The van der Waals surface area contributed by atoms with E-state index in [1.54, 1.807) is 29.2 Å². The molecule has 0 N–H and O–H groups in total. The van der Waals surface area contributed by atoms with Gasteiger partial charge < -0.3 is 9.64 Å². The molecular weight excluding hydrogens is 394 g/mol. The molecule has 1 amide bonds. The first-order chi connectivity index (χ1) is 15.1. The van der Waals surface area contributed by atoms with E-state index in [0.29, 0.717) is 11.4 Å². The van der Waals surface area contributed by atoms with Crippen LogP contribution >= 0.6 is 0 Å². The van der Waals surface area contributed by atoms with E-state index in [4.69, 9.17) is 4.74 Å².